The molecule has 0 unspecified atom stereocenters. The van der Waals surface area contributed by atoms with Crippen molar-refractivity contribution in [2.45, 2.75) is 6.18 Å². The number of anilines is 1. The molecule has 0 atom stereocenters. The van der Waals surface area contributed by atoms with Crippen LogP contribution < -0.4 is 10.1 Å². The van der Waals surface area contributed by atoms with Gasteiger partial charge in [-0.05, 0) is 42.5 Å². The minimum Gasteiger partial charge on any atom is -0.438 e. The molecule has 3 heterocycles. The first-order valence-corrected chi connectivity index (χ1v) is 8.27. The predicted octanol–water partition coefficient (Wildman–Crippen LogP) is 4.29. The van der Waals surface area contributed by atoms with Gasteiger partial charge < -0.3 is 15.0 Å². The highest BCUT2D eigenvalue weighted by atomic mass is 19.4. The Hall–Kier alpha value is -3.62. The summed E-state index contributed by atoms with van der Waals surface area (Å²) in [6, 6.07) is 7.80. The molecular formula is C19H13F3N4O2. The molecule has 0 amide bonds. The Labute approximate surface area is 157 Å². The molecule has 142 valence electrons. The van der Waals surface area contributed by atoms with Crippen molar-refractivity contribution in [1.29, 1.82) is 0 Å². The van der Waals surface area contributed by atoms with Crippen molar-refractivity contribution >= 4 is 17.7 Å². The van der Waals surface area contributed by atoms with Crippen molar-refractivity contribution < 1.29 is 22.7 Å². The first-order valence-electron chi connectivity index (χ1n) is 8.27. The molecule has 0 fully saturated rings. The second-order valence-electron chi connectivity index (χ2n) is 5.94. The predicted molar refractivity (Wildman–Crippen MR) is 95.3 cm³/mol. The van der Waals surface area contributed by atoms with Crippen LogP contribution in [-0.4, -0.2) is 27.3 Å². The monoisotopic (exact) mass is 386 g/mol. The van der Waals surface area contributed by atoms with Crippen LogP contribution in [0.15, 0.2) is 48.7 Å². The van der Waals surface area contributed by atoms with Gasteiger partial charge in [0.05, 0.1) is 5.69 Å². The number of nitrogens with one attached hydrogen (secondary N) is 2. The second kappa shape index (κ2) is 6.84. The number of rotatable bonds is 4. The lowest BCUT2D eigenvalue weighted by Crippen LogP contribution is -2.08. The number of carbonyl (C=O) groups excluding carboxylic acids is 1. The lowest BCUT2D eigenvalue weighted by atomic mass is 10.1. The molecule has 1 aliphatic rings. The van der Waals surface area contributed by atoms with Crippen LogP contribution in [-0.2, 0) is 6.18 Å². The number of benzene rings is 1. The van der Waals surface area contributed by atoms with Gasteiger partial charge in [0, 0.05) is 18.3 Å². The third kappa shape index (κ3) is 3.46. The van der Waals surface area contributed by atoms with Gasteiger partial charge >= 0.3 is 6.18 Å². The number of pyridine rings is 1. The number of imidazole rings is 1. The van der Waals surface area contributed by atoms with Crippen LogP contribution in [0.5, 0.6) is 11.6 Å². The van der Waals surface area contributed by atoms with E-state index < -0.39 is 17.6 Å². The summed E-state index contributed by atoms with van der Waals surface area (Å²) >= 11 is 0. The molecule has 1 aromatic carbocycles. The Balaban J connectivity index is 1.54. The van der Waals surface area contributed by atoms with E-state index in [0.717, 1.165) is 6.07 Å². The van der Waals surface area contributed by atoms with Gasteiger partial charge in [0.1, 0.15) is 11.3 Å². The number of ether oxygens (including phenoxy) is 1. The normalized spacial score (nSPS) is 13.0. The van der Waals surface area contributed by atoms with E-state index in [2.05, 4.69) is 20.3 Å². The Morgan fingerprint density at radius 1 is 1.14 bits per heavy atom. The Bertz CT molecular complexity index is 1060. The molecule has 0 saturated heterocycles. The number of fused-ring (bicyclic) bond motifs is 1. The van der Waals surface area contributed by atoms with Gasteiger partial charge in [-0.15, -0.1) is 0 Å². The first kappa shape index (κ1) is 17.8. The fourth-order valence-corrected chi connectivity index (χ4v) is 2.69. The van der Waals surface area contributed by atoms with Gasteiger partial charge in [0.25, 0.3) is 0 Å². The number of alkyl halides is 3. The Kier molecular flexibility index (Phi) is 4.34. The number of hydrogen-bond acceptors (Lipinski definition) is 5. The molecule has 0 aliphatic carbocycles. The molecule has 9 heteroatoms. The molecule has 4 rings (SSSR count). The number of aromatic nitrogens is 3. The highest BCUT2D eigenvalue weighted by Gasteiger charge is 2.35. The van der Waals surface area contributed by atoms with Gasteiger partial charge in [0.2, 0.25) is 11.7 Å². The number of H-pyrrole nitrogens is 1. The van der Waals surface area contributed by atoms with E-state index in [1.54, 1.807) is 0 Å². The maximum absolute atomic E-state index is 13.0. The van der Waals surface area contributed by atoms with Crippen LogP contribution in [0.25, 0.3) is 6.08 Å². The fraction of sp³-hybridized carbons (Fsp3) is 0.105. The van der Waals surface area contributed by atoms with Crippen LogP contribution in [0, 0.1) is 0 Å². The summed E-state index contributed by atoms with van der Waals surface area (Å²) < 4.78 is 44.3. The Morgan fingerprint density at radius 2 is 1.93 bits per heavy atom. The topological polar surface area (TPSA) is 79.9 Å². The van der Waals surface area contributed by atoms with Gasteiger partial charge in [-0.1, -0.05) is 6.08 Å². The van der Waals surface area contributed by atoms with Gasteiger partial charge in [-0.3, -0.25) is 4.79 Å². The maximum Gasteiger partial charge on any atom is 0.421 e. The zero-order valence-corrected chi connectivity index (χ0v) is 14.2. The van der Waals surface area contributed by atoms with Crippen molar-refractivity contribution in [2.24, 2.45) is 0 Å². The molecule has 0 radical (unpaired) electrons. The highest BCUT2D eigenvalue weighted by Crippen LogP contribution is 2.36. The van der Waals surface area contributed by atoms with E-state index in [-0.39, 0.29) is 17.4 Å². The Morgan fingerprint density at radius 3 is 2.64 bits per heavy atom. The van der Waals surface area contributed by atoms with Crippen molar-refractivity contribution in [2.75, 3.05) is 11.9 Å². The van der Waals surface area contributed by atoms with Crippen LogP contribution >= 0.6 is 0 Å². The number of aromatic amines is 1. The number of carbonyl (C=O) groups is 1. The summed E-state index contributed by atoms with van der Waals surface area (Å²) in [7, 11) is 0. The number of halogens is 3. The summed E-state index contributed by atoms with van der Waals surface area (Å²) in [6.45, 7) is 0.630. The van der Waals surface area contributed by atoms with Gasteiger partial charge in [-0.2, -0.15) is 13.2 Å². The summed E-state index contributed by atoms with van der Waals surface area (Å²) in [5, 5.41) is 3.04. The van der Waals surface area contributed by atoms with Crippen molar-refractivity contribution in [3.05, 3.63) is 71.3 Å². The summed E-state index contributed by atoms with van der Waals surface area (Å²) in [4.78, 5) is 23.4. The van der Waals surface area contributed by atoms with E-state index in [0.29, 0.717) is 23.6 Å². The zero-order valence-electron chi connectivity index (χ0n) is 14.2. The molecule has 1 aliphatic heterocycles. The summed E-state index contributed by atoms with van der Waals surface area (Å²) in [6.07, 6.45) is 0.357. The van der Waals surface area contributed by atoms with E-state index in [4.69, 9.17) is 4.74 Å². The molecule has 2 N–H and O–H groups in total. The van der Waals surface area contributed by atoms with Crippen LogP contribution in [0.2, 0.25) is 0 Å². The van der Waals surface area contributed by atoms with E-state index in [1.165, 1.54) is 36.5 Å². The third-order valence-corrected chi connectivity index (χ3v) is 4.03. The molecule has 2 aromatic heterocycles. The van der Waals surface area contributed by atoms with Gasteiger partial charge in [-0.25, -0.2) is 9.97 Å². The molecule has 3 aromatic rings. The van der Waals surface area contributed by atoms with E-state index in [1.807, 2.05) is 12.2 Å². The SMILES string of the molecule is O=C(c1ccc(Oc2ncccc2C(F)(F)F)cc1)c1nc2c([nH]1)C=CCN2. The largest absolute Gasteiger partial charge is 0.438 e. The fourth-order valence-electron chi connectivity index (χ4n) is 2.69. The number of hydrogen-bond donors (Lipinski definition) is 2. The lowest BCUT2D eigenvalue weighted by Gasteiger charge is -2.12. The highest BCUT2D eigenvalue weighted by molar-refractivity contribution is 6.07. The van der Waals surface area contributed by atoms with Crippen LogP contribution in [0.3, 0.4) is 0 Å². The van der Waals surface area contributed by atoms with Crippen molar-refractivity contribution in [1.82, 2.24) is 15.0 Å². The molecule has 0 saturated carbocycles. The summed E-state index contributed by atoms with van der Waals surface area (Å²) in [5.41, 5.74) is 0.0563. The van der Waals surface area contributed by atoms with E-state index in [9.17, 15) is 18.0 Å². The smallest absolute Gasteiger partial charge is 0.421 e. The lowest BCUT2D eigenvalue weighted by molar-refractivity contribution is -0.138. The first-order chi connectivity index (χ1) is 13.4. The quantitative estimate of drug-likeness (QED) is 0.654. The van der Waals surface area contributed by atoms with Gasteiger partial charge in [0.15, 0.2) is 11.6 Å². The average Bonchev–Trinajstić information content (AvgIpc) is 3.12. The number of ketones is 1. The standard InChI is InChI=1S/C19H13F3N4O2/c20-19(21,22)13-3-1-10-24-18(13)28-12-7-5-11(6-8-12)15(27)17-25-14-4-2-9-23-16(14)26-17/h1-8,10,23H,9H2,(H,25,26). The third-order valence-electron chi connectivity index (χ3n) is 4.03. The van der Waals surface area contributed by atoms with Crippen LogP contribution in [0.4, 0.5) is 19.0 Å². The maximum atomic E-state index is 13.0. The number of nitrogens with zero attached hydrogens (tertiary/aromatic N) is 2. The van der Waals surface area contributed by atoms with Crippen molar-refractivity contribution in [3.8, 4) is 11.6 Å². The summed E-state index contributed by atoms with van der Waals surface area (Å²) in [5.74, 6) is 0.00198. The molecular weight excluding hydrogens is 373 g/mol. The molecule has 0 bridgehead atoms. The minimum atomic E-state index is -4.58. The van der Waals surface area contributed by atoms with E-state index >= 15 is 0 Å². The molecule has 28 heavy (non-hydrogen) atoms. The average molecular weight is 386 g/mol. The zero-order chi connectivity index (χ0) is 19.7. The minimum absolute atomic E-state index is 0.129. The molecule has 0 spiro atoms. The van der Waals surface area contributed by atoms with Crippen LogP contribution in [0.1, 0.15) is 27.4 Å². The molecule has 6 nitrogen and oxygen atoms in total. The van der Waals surface area contributed by atoms with Crippen molar-refractivity contribution in [3.63, 3.8) is 0 Å². The second-order valence-corrected chi connectivity index (χ2v) is 5.94.